The van der Waals surface area contributed by atoms with Gasteiger partial charge in [-0.2, -0.15) is 0 Å². The van der Waals surface area contributed by atoms with E-state index in [9.17, 15) is 0 Å². The van der Waals surface area contributed by atoms with Crippen molar-refractivity contribution in [3.8, 4) is 0 Å². The molecule has 10 heavy (non-hydrogen) atoms. The summed E-state index contributed by atoms with van der Waals surface area (Å²) >= 11 is 3.18. The Hall–Kier alpha value is -0.255. The monoisotopic (exact) mass is 203 g/mol. The molecule has 1 aromatic rings. The molecule has 0 aromatic carbocycles. The van der Waals surface area contributed by atoms with Gasteiger partial charge in [-0.25, -0.2) is 0 Å². The van der Waals surface area contributed by atoms with Crippen LogP contribution in [0.2, 0.25) is 0 Å². The first-order chi connectivity index (χ1) is 4.61. The van der Waals surface area contributed by atoms with Crippen molar-refractivity contribution in [2.24, 2.45) is 7.05 Å². The Balaban J connectivity index is 3.03. The SMILES string of the molecule is Cn1cc(Br)c(B(O)O)c1. The van der Waals surface area contributed by atoms with Crippen LogP contribution in [0.15, 0.2) is 16.9 Å². The standard InChI is InChI=1S/C5H7BBrNO2/c1-8-2-4(6(9)10)5(7)3-8/h2-3,9-10H,1H3. The molecule has 0 aliphatic heterocycles. The van der Waals surface area contributed by atoms with Crippen LogP contribution in [-0.4, -0.2) is 21.7 Å². The van der Waals surface area contributed by atoms with Crippen LogP contribution in [0.5, 0.6) is 0 Å². The average molecular weight is 204 g/mol. The molecule has 5 heteroatoms. The minimum absolute atomic E-state index is 0.488. The second-order valence-electron chi connectivity index (χ2n) is 2.10. The number of hydrogen-bond acceptors (Lipinski definition) is 2. The molecule has 3 nitrogen and oxygen atoms in total. The third-order valence-corrected chi connectivity index (χ3v) is 1.88. The second kappa shape index (κ2) is 2.78. The maximum absolute atomic E-state index is 8.73. The summed E-state index contributed by atoms with van der Waals surface area (Å²) in [4.78, 5) is 0. The third kappa shape index (κ3) is 1.42. The van der Waals surface area contributed by atoms with E-state index in [-0.39, 0.29) is 0 Å². The largest absolute Gasteiger partial charge is 0.491 e. The van der Waals surface area contributed by atoms with Crippen LogP contribution >= 0.6 is 15.9 Å². The quantitative estimate of drug-likeness (QED) is 0.603. The van der Waals surface area contributed by atoms with Crippen LogP contribution in [0, 0.1) is 0 Å². The van der Waals surface area contributed by atoms with Gasteiger partial charge in [-0.3, -0.25) is 0 Å². The highest BCUT2D eigenvalue weighted by Crippen LogP contribution is 2.05. The third-order valence-electron chi connectivity index (χ3n) is 1.21. The molecule has 0 saturated carbocycles. The topological polar surface area (TPSA) is 45.4 Å². The molecule has 0 fully saturated rings. The lowest BCUT2D eigenvalue weighted by Crippen LogP contribution is -2.29. The van der Waals surface area contributed by atoms with E-state index >= 15 is 0 Å². The molecular weight excluding hydrogens is 197 g/mol. The summed E-state index contributed by atoms with van der Waals surface area (Å²) in [5.74, 6) is 0. The van der Waals surface area contributed by atoms with Crippen LogP contribution in [0.4, 0.5) is 0 Å². The molecule has 0 bridgehead atoms. The molecule has 0 radical (unpaired) electrons. The minimum Gasteiger partial charge on any atom is -0.423 e. The van der Waals surface area contributed by atoms with Crippen molar-refractivity contribution in [2.75, 3.05) is 0 Å². The second-order valence-corrected chi connectivity index (χ2v) is 2.95. The van der Waals surface area contributed by atoms with E-state index in [2.05, 4.69) is 15.9 Å². The molecule has 0 amide bonds. The van der Waals surface area contributed by atoms with Crippen LogP contribution in [0.3, 0.4) is 0 Å². The van der Waals surface area contributed by atoms with E-state index in [1.165, 1.54) is 0 Å². The molecule has 1 aromatic heterocycles. The lowest BCUT2D eigenvalue weighted by Gasteiger charge is -1.92. The molecule has 0 saturated heterocycles. The highest BCUT2D eigenvalue weighted by atomic mass is 79.9. The number of halogens is 1. The van der Waals surface area contributed by atoms with Crippen molar-refractivity contribution >= 4 is 28.5 Å². The van der Waals surface area contributed by atoms with Gasteiger partial charge >= 0.3 is 7.12 Å². The number of nitrogens with zero attached hydrogens (tertiary/aromatic N) is 1. The van der Waals surface area contributed by atoms with Gasteiger partial charge in [0.05, 0.1) is 0 Å². The Morgan fingerprint density at radius 2 is 2.10 bits per heavy atom. The van der Waals surface area contributed by atoms with Gasteiger partial charge in [0, 0.05) is 29.4 Å². The number of hydrogen-bond donors (Lipinski definition) is 2. The smallest absolute Gasteiger partial charge is 0.423 e. The Bertz CT molecular complexity index is 236. The first-order valence-corrected chi connectivity index (χ1v) is 3.58. The summed E-state index contributed by atoms with van der Waals surface area (Å²) in [6, 6.07) is 0. The highest BCUT2D eigenvalue weighted by molar-refractivity contribution is 9.10. The van der Waals surface area contributed by atoms with Gasteiger partial charge in [-0.05, 0) is 15.9 Å². The number of aryl methyl sites for hydroxylation is 1. The van der Waals surface area contributed by atoms with E-state index in [0.717, 1.165) is 0 Å². The van der Waals surface area contributed by atoms with Crippen LogP contribution in [0.25, 0.3) is 0 Å². The maximum Gasteiger partial charge on any atom is 0.491 e. The predicted molar refractivity (Wildman–Crippen MR) is 42.9 cm³/mol. The average Bonchev–Trinajstić information content (AvgIpc) is 2.10. The molecule has 0 unspecified atom stereocenters. The van der Waals surface area contributed by atoms with Crippen molar-refractivity contribution < 1.29 is 10.0 Å². The summed E-state index contributed by atoms with van der Waals surface area (Å²) in [5, 5.41) is 17.5. The Labute approximate surface area is 67.6 Å². The summed E-state index contributed by atoms with van der Waals surface area (Å²) in [7, 11) is 0.423. The van der Waals surface area contributed by atoms with Crippen LogP contribution in [-0.2, 0) is 7.05 Å². The number of rotatable bonds is 1. The number of aromatic nitrogens is 1. The summed E-state index contributed by atoms with van der Waals surface area (Å²) < 4.78 is 2.46. The van der Waals surface area contributed by atoms with Crippen LogP contribution < -0.4 is 5.46 Å². The van der Waals surface area contributed by atoms with Crippen molar-refractivity contribution in [1.82, 2.24) is 4.57 Å². The van der Waals surface area contributed by atoms with Crippen molar-refractivity contribution in [3.05, 3.63) is 16.9 Å². The van der Waals surface area contributed by atoms with Gasteiger partial charge in [-0.15, -0.1) is 0 Å². The molecule has 1 rings (SSSR count). The minimum atomic E-state index is -1.39. The maximum atomic E-state index is 8.73. The fraction of sp³-hybridized carbons (Fsp3) is 0.200. The zero-order valence-electron chi connectivity index (χ0n) is 5.45. The summed E-state index contributed by atoms with van der Waals surface area (Å²) in [6.45, 7) is 0. The fourth-order valence-corrected chi connectivity index (χ4v) is 1.39. The summed E-state index contributed by atoms with van der Waals surface area (Å²) in [6.07, 6.45) is 3.41. The van der Waals surface area contributed by atoms with E-state index in [1.54, 1.807) is 17.0 Å². The van der Waals surface area contributed by atoms with Gasteiger partial charge < -0.3 is 14.6 Å². The van der Waals surface area contributed by atoms with E-state index < -0.39 is 7.12 Å². The normalized spacial score (nSPS) is 10.0. The predicted octanol–water partition coefficient (Wildman–Crippen LogP) is -0.533. The van der Waals surface area contributed by atoms with Gasteiger partial charge in [0.2, 0.25) is 0 Å². The van der Waals surface area contributed by atoms with E-state index in [0.29, 0.717) is 9.94 Å². The molecular formula is C5H7BBrNO2. The molecule has 0 spiro atoms. The van der Waals surface area contributed by atoms with Crippen LogP contribution in [0.1, 0.15) is 0 Å². The molecule has 1 heterocycles. The summed E-state index contributed by atoms with van der Waals surface area (Å²) in [5.41, 5.74) is 0.488. The highest BCUT2D eigenvalue weighted by Gasteiger charge is 2.15. The Morgan fingerprint density at radius 1 is 1.50 bits per heavy atom. The zero-order valence-corrected chi connectivity index (χ0v) is 7.04. The lowest BCUT2D eigenvalue weighted by molar-refractivity contribution is 0.425. The van der Waals surface area contributed by atoms with Gasteiger partial charge in [0.1, 0.15) is 0 Å². The first kappa shape index (κ1) is 7.85. The van der Waals surface area contributed by atoms with Crippen molar-refractivity contribution in [1.29, 1.82) is 0 Å². The Kier molecular flexibility index (Phi) is 2.18. The van der Waals surface area contributed by atoms with Gasteiger partial charge in [-0.1, -0.05) is 0 Å². The van der Waals surface area contributed by atoms with Crippen molar-refractivity contribution in [2.45, 2.75) is 0 Å². The fourth-order valence-electron chi connectivity index (χ4n) is 0.762. The molecule has 2 N–H and O–H groups in total. The Morgan fingerprint density at radius 3 is 2.30 bits per heavy atom. The van der Waals surface area contributed by atoms with E-state index in [4.69, 9.17) is 10.0 Å². The van der Waals surface area contributed by atoms with E-state index in [1.807, 2.05) is 7.05 Å². The molecule has 0 aliphatic rings. The van der Waals surface area contributed by atoms with Gasteiger partial charge in [0.15, 0.2) is 0 Å². The molecule has 0 atom stereocenters. The van der Waals surface area contributed by atoms with Crippen molar-refractivity contribution in [3.63, 3.8) is 0 Å². The van der Waals surface area contributed by atoms with Gasteiger partial charge in [0.25, 0.3) is 0 Å². The zero-order chi connectivity index (χ0) is 7.72. The molecule has 0 aliphatic carbocycles. The first-order valence-electron chi connectivity index (χ1n) is 2.79. The molecule has 54 valence electrons. The lowest BCUT2D eigenvalue weighted by atomic mass is 9.83.